The van der Waals surface area contributed by atoms with Crippen molar-refractivity contribution < 1.29 is 38.3 Å². The zero-order valence-corrected chi connectivity index (χ0v) is 21.1. The van der Waals surface area contributed by atoms with E-state index in [0.29, 0.717) is 56.7 Å². The molecule has 1 aliphatic rings. The Morgan fingerprint density at radius 1 is 0.944 bits per heavy atom. The maximum absolute atomic E-state index is 12.2. The molecule has 1 heterocycles. The van der Waals surface area contributed by atoms with E-state index in [9.17, 15) is 28.8 Å². The molecule has 0 unspecified atom stereocenters. The molecule has 1 rings (SSSR count). The summed E-state index contributed by atoms with van der Waals surface area (Å²) < 4.78 is 5.09. The third-order valence-electron chi connectivity index (χ3n) is 5.47. The van der Waals surface area contributed by atoms with Crippen LogP contribution in [0.25, 0.3) is 0 Å². The van der Waals surface area contributed by atoms with Gasteiger partial charge in [0.15, 0.2) is 0 Å². The van der Waals surface area contributed by atoms with Crippen LogP contribution in [0.1, 0.15) is 83.5 Å². The number of hydroxylamine groups is 2. The van der Waals surface area contributed by atoms with Crippen molar-refractivity contribution in [1.82, 2.24) is 15.3 Å². The number of unbranched alkanes of at least 4 members (excludes halogenated alkanes) is 3. The van der Waals surface area contributed by atoms with E-state index in [4.69, 9.17) is 16.0 Å². The monoisotopic (exact) mass is 507 g/mol. The van der Waals surface area contributed by atoms with Crippen LogP contribution in [0.3, 0.4) is 0 Å². The molecule has 4 amide bonds. The zero-order chi connectivity index (χ0) is 26.8. The van der Waals surface area contributed by atoms with Gasteiger partial charge in [-0.1, -0.05) is 6.42 Å². The number of alkyl carbamates (subject to hydrolysis) is 1. The molecule has 0 aromatic heterocycles. The summed E-state index contributed by atoms with van der Waals surface area (Å²) in [7, 11) is 1.65. The summed E-state index contributed by atoms with van der Waals surface area (Å²) in [5.74, 6) is 0.783. The Bertz CT molecular complexity index is 805. The molecular weight excluding hydrogens is 470 g/mol. The van der Waals surface area contributed by atoms with Crippen molar-refractivity contribution in [2.24, 2.45) is 0 Å². The zero-order valence-electron chi connectivity index (χ0n) is 21.1. The van der Waals surface area contributed by atoms with E-state index in [0.717, 1.165) is 19.3 Å². The predicted molar refractivity (Wildman–Crippen MR) is 129 cm³/mol. The lowest BCUT2D eigenvalue weighted by atomic mass is 10.1. The second kappa shape index (κ2) is 17.9. The first-order valence-electron chi connectivity index (χ1n) is 12.4. The number of amides is 4. The third-order valence-corrected chi connectivity index (χ3v) is 5.47. The minimum atomic E-state index is -0.680. The van der Waals surface area contributed by atoms with Crippen LogP contribution >= 0.6 is 0 Å². The SMILES string of the molecule is C#CCCC(=O)CCCCCNC(=O)OCCCN(C)C(=O)CCCCC(=O)ON1C(=O)CCC1=O. The number of nitrogens with zero attached hydrogens (tertiary/aromatic N) is 2. The van der Waals surface area contributed by atoms with Crippen molar-refractivity contribution >= 4 is 35.6 Å². The van der Waals surface area contributed by atoms with Crippen LogP contribution in [0.2, 0.25) is 0 Å². The number of hydrogen-bond donors (Lipinski definition) is 1. The molecule has 11 heteroatoms. The van der Waals surface area contributed by atoms with Crippen LogP contribution in [0, 0.1) is 12.3 Å². The van der Waals surface area contributed by atoms with E-state index in [1.165, 1.54) is 4.90 Å². The Balaban J connectivity index is 1.99. The third kappa shape index (κ3) is 13.5. The number of rotatable bonds is 18. The molecule has 1 fully saturated rings. The number of ketones is 1. The molecule has 0 radical (unpaired) electrons. The number of carbonyl (C=O) groups excluding carboxylic acids is 6. The van der Waals surface area contributed by atoms with Crippen molar-refractivity contribution in [2.45, 2.75) is 83.5 Å². The highest BCUT2D eigenvalue weighted by Crippen LogP contribution is 2.13. The molecule has 1 aliphatic heterocycles. The van der Waals surface area contributed by atoms with Crippen molar-refractivity contribution in [3.05, 3.63) is 0 Å². The summed E-state index contributed by atoms with van der Waals surface area (Å²) in [5.41, 5.74) is 0. The van der Waals surface area contributed by atoms with Gasteiger partial charge >= 0.3 is 12.1 Å². The quantitative estimate of drug-likeness (QED) is 0.169. The fourth-order valence-electron chi connectivity index (χ4n) is 3.34. The lowest BCUT2D eigenvalue weighted by molar-refractivity contribution is -0.197. The van der Waals surface area contributed by atoms with Gasteiger partial charge in [-0.3, -0.25) is 19.2 Å². The van der Waals surface area contributed by atoms with Crippen molar-refractivity contribution in [3.8, 4) is 12.3 Å². The molecule has 1 N–H and O–H groups in total. The van der Waals surface area contributed by atoms with E-state index >= 15 is 0 Å². The molecule has 0 bridgehead atoms. The van der Waals surface area contributed by atoms with E-state index in [1.54, 1.807) is 7.05 Å². The number of imide groups is 1. The number of Topliss-reactive ketones (excluding diaryl/α,β-unsaturated/α-hetero) is 1. The van der Waals surface area contributed by atoms with Crippen LogP contribution in [0.4, 0.5) is 4.79 Å². The van der Waals surface area contributed by atoms with E-state index < -0.39 is 23.9 Å². The highest BCUT2D eigenvalue weighted by Gasteiger charge is 2.32. The van der Waals surface area contributed by atoms with Crippen molar-refractivity contribution in [2.75, 3.05) is 26.7 Å². The molecule has 200 valence electrons. The first-order valence-corrected chi connectivity index (χ1v) is 12.4. The average Bonchev–Trinajstić information content (AvgIpc) is 3.16. The number of hydrogen-bond acceptors (Lipinski definition) is 8. The highest BCUT2D eigenvalue weighted by atomic mass is 16.7. The van der Waals surface area contributed by atoms with Crippen LogP contribution in [0.5, 0.6) is 0 Å². The maximum Gasteiger partial charge on any atom is 0.407 e. The Morgan fingerprint density at radius 2 is 1.61 bits per heavy atom. The molecule has 11 nitrogen and oxygen atoms in total. The highest BCUT2D eigenvalue weighted by molar-refractivity contribution is 6.01. The van der Waals surface area contributed by atoms with Gasteiger partial charge in [0, 0.05) is 65.1 Å². The maximum atomic E-state index is 12.2. The Morgan fingerprint density at radius 3 is 2.31 bits per heavy atom. The first kappa shape index (κ1) is 30.6. The molecule has 1 saturated heterocycles. The smallest absolute Gasteiger partial charge is 0.407 e. The van der Waals surface area contributed by atoms with E-state index in [-0.39, 0.29) is 44.0 Å². The van der Waals surface area contributed by atoms with Gasteiger partial charge in [0.1, 0.15) is 5.78 Å². The van der Waals surface area contributed by atoms with Crippen molar-refractivity contribution in [1.29, 1.82) is 0 Å². The summed E-state index contributed by atoms with van der Waals surface area (Å²) in [5, 5.41) is 3.17. The average molecular weight is 508 g/mol. The first-order chi connectivity index (χ1) is 17.2. The number of ether oxygens (including phenoxy) is 1. The fraction of sp³-hybridized carbons (Fsp3) is 0.680. The van der Waals surface area contributed by atoms with Crippen LogP contribution in [-0.4, -0.2) is 72.3 Å². The molecule has 36 heavy (non-hydrogen) atoms. The Kier molecular flexibility index (Phi) is 15.2. The molecule has 0 saturated carbocycles. The van der Waals surface area contributed by atoms with Crippen LogP contribution in [0.15, 0.2) is 0 Å². The minimum Gasteiger partial charge on any atom is -0.449 e. The second-order valence-electron chi connectivity index (χ2n) is 8.54. The van der Waals surface area contributed by atoms with Gasteiger partial charge in [0.2, 0.25) is 5.91 Å². The van der Waals surface area contributed by atoms with E-state index in [2.05, 4.69) is 11.2 Å². The number of nitrogens with one attached hydrogen (secondary N) is 1. The van der Waals surface area contributed by atoms with Gasteiger partial charge in [-0.15, -0.1) is 17.4 Å². The van der Waals surface area contributed by atoms with Gasteiger partial charge in [0.05, 0.1) is 6.61 Å². The lowest BCUT2D eigenvalue weighted by Crippen LogP contribution is -2.32. The summed E-state index contributed by atoms with van der Waals surface area (Å²) in [6, 6.07) is 0. The number of carbonyl (C=O) groups is 6. The minimum absolute atomic E-state index is 0.00162. The number of terminal acetylenes is 1. The van der Waals surface area contributed by atoms with Gasteiger partial charge in [-0.05, 0) is 32.1 Å². The van der Waals surface area contributed by atoms with Crippen molar-refractivity contribution in [3.63, 3.8) is 0 Å². The van der Waals surface area contributed by atoms with Crippen LogP contribution in [-0.2, 0) is 33.5 Å². The molecule has 0 spiro atoms. The normalized spacial score (nSPS) is 12.7. The largest absolute Gasteiger partial charge is 0.449 e. The van der Waals surface area contributed by atoms with Gasteiger partial charge in [0.25, 0.3) is 11.8 Å². The second-order valence-corrected chi connectivity index (χ2v) is 8.54. The standard InChI is InChI=1S/C25H37N3O8/c1-3-4-11-20(29)12-6-5-9-17-26-25(34)35-19-10-18-27(2)21(30)13-7-8-14-24(33)36-28-22(31)15-16-23(28)32/h1H,4-19H2,2H3,(H,26,34). The summed E-state index contributed by atoms with van der Waals surface area (Å²) in [6.07, 6.45) is 10.0. The predicted octanol–water partition coefficient (Wildman–Crippen LogP) is 2.27. The van der Waals surface area contributed by atoms with E-state index in [1.807, 2.05) is 0 Å². The van der Waals surface area contributed by atoms with Crippen LogP contribution < -0.4 is 5.32 Å². The molecule has 0 aliphatic carbocycles. The van der Waals surface area contributed by atoms with Gasteiger partial charge < -0.3 is 19.8 Å². The summed E-state index contributed by atoms with van der Waals surface area (Å²) in [6.45, 7) is 1.06. The topological polar surface area (TPSA) is 139 Å². The Labute approximate surface area is 212 Å². The molecular formula is C25H37N3O8. The molecule has 0 aromatic carbocycles. The van der Waals surface area contributed by atoms with Gasteiger partial charge in [-0.2, -0.15) is 0 Å². The summed E-state index contributed by atoms with van der Waals surface area (Å²) >= 11 is 0. The molecule has 0 atom stereocenters. The Hall–Kier alpha value is -3.42. The lowest BCUT2D eigenvalue weighted by Gasteiger charge is -2.17. The summed E-state index contributed by atoms with van der Waals surface area (Å²) in [4.78, 5) is 76.2. The molecule has 0 aromatic rings. The van der Waals surface area contributed by atoms with Gasteiger partial charge in [-0.25, -0.2) is 9.59 Å². The fourth-order valence-corrected chi connectivity index (χ4v) is 3.34.